The van der Waals surface area contributed by atoms with Crippen molar-refractivity contribution in [2.75, 3.05) is 35.6 Å². The summed E-state index contributed by atoms with van der Waals surface area (Å²) in [6.07, 6.45) is 10.6. The summed E-state index contributed by atoms with van der Waals surface area (Å²) in [6, 6.07) is 8.61. The molecule has 3 N–H and O–H groups in total. The fourth-order valence-electron chi connectivity index (χ4n) is 4.86. The second-order valence-electron chi connectivity index (χ2n) is 9.59. The summed E-state index contributed by atoms with van der Waals surface area (Å²) < 4.78 is 0. The van der Waals surface area contributed by atoms with E-state index in [9.17, 15) is 4.79 Å². The minimum atomic E-state index is 0.195. The quantitative estimate of drug-likeness (QED) is 0.502. The fourth-order valence-corrected chi connectivity index (χ4v) is 4.86. The van der Waals surface area contributed by atoms with Gasteiger partial charge in [0.15, 0.2) is 0 Å². The van der Waals surface area contributed by atoms with Crippen molar-refractivity contribution in [1.29, 1.82) is 0 Å². The highest BCUT2D eigenvalue weighted by Crippen LogP contribution is 2.28. The van der Waals surface area contributed by atoms with Gasteiger partial charge in [0, 0.05) is 55.9 Å². The predicted molar refractivity (Wildman–Crippen MR) is 140 cm³/mol. The average Bonchev–Trinajstić information content (AvgIpc) is 2.86. The standard InChI is InChI=1S/C27H33N7O/c1-18-15-30-27-32-24-13-21(16-28-17-24)3-4-22-14-23(31-26(18)33-27)5-6-25(22)29-10-7-20-8-11-34(12-9-20)19(2)35/h5-6,13-17,20,29H,3-4,7-12H2,1-2H3,(H2,30,31,32,33). The van der Waals surface area contributed by atoms with Crippen LogP contribution in [0.1, 0.15) is 42.9 Å². The molecule has 0 saturated carbocycles. The lowest BCUT2D eigenvalue weighted by Crippen LogP contribution is -2.37. The molecule has 0 unspecified atom stereocenters. The molecule has 8 nitrogen and oxygen atoms in total. The Morgan fingerprint density at radius 1 is 1.09 bits per heavy atom. The van der Waals surface area contributed by atoms with Crippen molar-refractivity contribution in [3.05, 3.63) is 59.5 Å². The molecule has 3 aromatic rings. The number of hydrogen-bond acceptors (Lipinski definition) is 7. The number of pyridine rings is 1. The molecule has 182 valence electrons. The van der Waals surface area contributed by atoms with Crippen LogP contribution in [0.5, 0.6) is 0 Å². The monoisotopic (exact) mass is 471 g/mol. The van der Waals surface area contributed by atoms with Gasteiger partial charge in [0.2, 0.25) is 11.9 Å². The van der Waals surface area contributed by atoms with Crippen molar-refractivity contribution < 1.29 is 4.79 Å². The van der Waals surface area contributed by atoms with Crippen molar-refractivity contribution in [3.8, 4) is 0 Å². The molecule has 2 aliphatic heterocycles. The van der Waals surface area contributed by atoms with Crippen LogP contribution >= 0.6 is 0 Å². The van der Waals surface area contributed by atoms with Crippen LogP contribution in [0.15, 0.2) is 42.9 Å². The minimum absolute atomic E-state index is 0.195. The number of anilines is 5. The maximum absolute atomic E-state index is 11.6. The molecule has 0 radical (unpaired) electrons. The van der Waals surface area contributed by atoms with E-state index in [1.54, 1.807) is 13.1 Å². The Hall–Kier alpha value is -3.68. The van der Waals surface area contributed by atoms with Crippen LogP contribution in [0.2, 0.25) is 0 Å². The van der Waals surface area contributed by atoms with Gasteiger partial charge in [-0.3, -0.25) is 9.78 Å². The summed E-state index contributed by atoms with van der Waals surface area (Å²) in [5, 5.41) is 10.4. The molecule has 1 amide bonds. The Kier molecular flexibility index (Phi) is 6.79. The molecule has 0 spiro atoms. The van der Waals surface area contributed by atoms with E-state index in [0.717, 1.165) is 74.5 Å². The fraction of sp³-hybridized carbons (Fsp3) is 0.407. The third-order valence-corrected chi connectivity index (χ3v) is 7.00. The van der Waals surface area contributed by atoms with Crippen LogP contribution in [-0.2, 0) is 17.6 Å². The Labute approximate surface area is 206 Å². The van der Waals surface area contributed by atoms with Gasteiger partial charge in [-0.15, -0.1) is 0 Å². The summed E-state index contributed by atoms with van der Waals surface area (Å²) in [6.45, 7) is 6.37. The van der Waals surface area contributed by atoms with Gasteiger partial charge in [0.1, 0.15) is 5.82 Å². The highest BCUT2D eigenvalue weighted by molar-refractivity contribution is 5.73. The Morgan fingerprint density at radius 3 is 2.77 bits per heavy atom. The van der Waals surface area contributed by atoms with Gasteiger partial charge in [-0.05, 0) is 80.3 Å². The maximum atomic E-state index is 11.6. The Balaban J connectivity index is 1.32. The zero-order chi connectivity index (χ0) is 24.2. The first-order valence-electron chi connectivity index (χ1n) is 12.5. The van der Waals surface area contributed by atoms with E-state index in [1.165, 1.54) is 16.8 Å². The van der Waals surface area contributed by atoms with Gasteiger partial charge in [-0.1, -0.05) is 0 Å². The second kappa shape index (κ2) is 10.3. The number of fused-ring (bicyclic) bond motifs is 6. The normalized spacial score (nSPS) is 15.7. The van der Waals surface area contributed by atoms with E-state index in [1.807, 2.05) is 24.2 Å². The molecule has 2 aliphatic rings. The number of nitrogens with one attached hydrogen (secondary N) is 3. The van der Waals surface area contributed by atoms with Crippen LogP contribution in [-0.4, -0.2) is 45.4 Å². The van der Waals surface area contributed by atoms with Crippen LogP contribution in [0, 0.1) is 12.8 Å². The molecule has 2 aromatic heterocycles. The summed E-state index contributed by atoms with van der Waals surface area (Å²) in [4.78, 5) is 27.1. The number of carbonyl (C=O) groups excluding carboxylic acids is 1. The lowest BCUT2D eigenvalue weighted by molar-refractivity contribution is -0.130. The third-order valence-electron chi connectivity index (χ3n) is 7.00. The molecular weight excluding hydrogens is 438 g/mol. The van der Waals surface area contributed by atoms with Gasteiger partial charge < -0.3 is 20.9 Å². The van der Waals surface area contributed by atoms with E-state index in [-0.39, 0.29) is 5.91 Å². The molecule has 1 saturated heterocycles. The highest BCUT2D eigenvalue weighted by atomic mass is 16.2. The Morgan fingerprint density at radius 2 is 1.94 bits per heavy atom. The number of amides is 1. The van der Waals surface area contributed by atoms with Gasteiger partial charge in [-0.25, -0.2) is 4.98 Å². The predicted octanol–water partition coefficient (Wildman–Crippen LogP) is 4.83. The number of nitrogens with zero attached hydrogens (tertiary/aromatic N) is 4. The average molecular weight is 472 g/mol. The van der Waals surface area contributed by atoms with Crippen LogP contribution < -0.4 is 16.0 Å². The first kappa shape index (κ1) is 23.1. The van der Waals surface area contributed by atoms with Gasteiger partial charge in [-0.2, -0.15) is 4.98 Å². The molecule has 0 atom stereocenters. The van der Waals surface area contributed by atoms with E-state index < -0.39 is 0 Å². The minimum Gasteiger partial charge on any atom is -0.385 e. The van der Waals surface area contributed by atoms with Crippen molar-refractivity contribution >= 4 is 34.7 Å². The topological polar surface area (TPSA) is 95.1 Å². The number of aromatic nitrogens is 3. The van der Waals surface area contributed by atoms with E-state index in [0.29, 0.717) is 11.9 Å². The van der Waals surface area contributed by atoms with Gasteiger partial charge in [0.05, 0.1) is 11.9 Å². The zero-order valence-corrected chi connectivity index (χ0v) is 20.5. The summed E-state index contributed by atoms with van der Waals surface area (Å²) in [5.74, 6) is 2.19. The van der Waals surface area contributed by atoms with E-state index in [2.05, 4.69) is 55.2 Å². The zero-order valence-electron chi connectivity index (χ0n) is 20.5. The number of hydrogen-bond donors (Lipinski definition) is 3. The molecule has 0 aliphatic carbocycles. The Bertz CT molecular complexity index is 1200. The number of benzene rings is 1. The maximum Gasteiger partial charge on any atom is 0.229 e. The first-order chi connectivity index (χ1) is 17.0. The molecule has 8 heteroatoms. The molecule has 5 rings (SSSR count). The van der Waals surface area contributed by atoms with Crippen molar-refractivity contribution in [3.63, 3.8) is 0 Å². The summed E-state index contributed by atoms with van der Waals surface area (Å²) in [5.41, 5.74) is 6.50. The van der Waals surface area contributed by atoms with Crippen molar-refractivity contribution in [2.24, 2.45) is 5.92 Å². The van der Waals surface area contributed by atoms with Crippen molar-refractivity contribution in [1.82, 2.24) is 19.9 Å². The summed E-state index contributed by atoms with van der Waals surface area (Å²) >= 11 is 0. The van der Waals surface area contributed by atoms with E-state index >= 15 is 0 Å². The SMILES string of the molecule is CC(=O)N1CCC(CCNc2ccc3cc2CCc2cncc(c2)Nc2ncc(C)c(n2)N3)CC1. The van der Waals surface area contributed by atoms with Crippen LogP contribution in [0.4, 0.5) is 28.8 Å². The number of carbonyl (C=O) groups is 1. The molecule has 4 heterocycles. The molecule has 6 bridgehead atoms. The van der Waals surface area contributed by atoms with Gasteiger partial charge in [0.25, 0.3) is 0 Å². The van der Waals surface area contributed by atoms with Crippen LogP contribution in [0.3, 0.4) is 0 Å². The largest absolute Gasteiger partial charge is 0.385 e. The number of aryl methyl sites for hydroxylation is 3. The number of piperidine rings is 1. The second-order valence-corrected chi connectivity index (χ2v) is 9.59. The van der Waals surface area contributed by atoms with E-state index in [4.69, 9.17) is 0 Å². The summed E-state index contributed by atoms with van der Waals surface area (Å²) in [7, 11) is 0. The molecule has 1 aromatic carbocycles. The molecule has 1 fully saturated rings. The first-order valence-corrected chi connectivity index (χ1v) is 12.5. The lowest BCUT2D eigenvalue weighted by Gasteiger charge is -2.31. The van der Waals surface area contributed by atoms with Crippen molar-refractivity contribution in [2.45, 2.75) is 46.0 Å². The van der Waals surface area contributed by atoms with Gasteiger partial charge >= 0.3 is 0 Å². The third kappa shape index (κ3) is 5.70. The molecule has 35 heavy (non-hydrogen) atoms. The smallest absolute Gasteiger partial charge is 0.229 e. The van der Waals surface area contributed by atoms with Crippen LogP contribution in [0.25, 0.3) is 0 Å². The number of likely N-dealkylation sites (tertiary alicyclic amines) is 1. The molecular formula is C27H33N7O. The highest BCUT2D eigenvalue weighted by Gasteiger charge is 2.20. The lowest BCUT2D eigenvalue weighted by atomic mass is 9.93. The number of rotatable bonds is 4.